The molecule has 2 aromatic carbocycles. The molecule has 0 bridgehead atoms. The average Bonchev–Trinajstić information content (AvgIpc) is 2.70. The standard InChI is InChI=1S/C21H26N2O3/c1-17(21(24)22-10-5-11-23-12-14-25-15-13-23)16-26-20-9-4-7-18-6-2-3-8-19(18)20/h2-4,6-9H,1,5,10-16H2,(H,22,24). The fraction of sp³-hybridized carbons (Fsp3) is 0.381. The number of carbonyl (C=O) groups excluding carboxylic acids is 1. The number of nitrogens with one attached hydrogen (secondary N) is 1. The van der Waals surface area contributed by atoms with Gasteiger partial charge in [-0.3, -0.25) is 9.69 Å². The summed E-state index contributed by atoms with van der Waals surface area (Å²) < 4.78 is 11.2. The summed E-state index contributed by atoms with van der Waals surface area (Å²) in [5.41, 5.74) is 0.435. The zero-order valence-corrected chi connectivity index (χ0v) is 15.1. The van der Waals surface area contributed by atoms with Crippen molar-refractivity contribution in [3.8, 4) is 5.75 Å². The Bertz CT molecular complexity index is 749. The lowest BCUT2D eigenvalue weighted by Gasteiger charge is -2.26. The monoisotopic (exact) mass is 354 g/mol. The minimum atomic E-state index is -0.146. The molecule has 0 unspecified atom stereocenters. The lowest BCUT2D eigenvalue weighted by Crippen LogP contribution is -2.38. The molecule has 2 aromatic rings. The molecule has 26 heavy (non-hydrogen) atoms. The molecule has 0 aromatic heterocycles. The van der Waals surface area contributed by atoms with Crippen LogP contribution in [0.1, 0.15) is 6.42 Å². The van der Waals surface area contributed by atoms with Gasteiger partial charge in [0.25, 0.3) is 0 Å². The number of benzene rings is 2. The van der Waals surface area contributed by atoms with Crippen LogP contribution in [0.25, 0.3) is 10.8 Å². The van der Waals surface area contributed by atoms with E-state index in [1.807, 2.05) is 42.5 Å². The summed E-state index contributed by atoms with van der Waals surface area (Å²) in [5.74, 6) is 0.622. The number of hydrogen-bond donors (Lipinski definition) is 1. The van der Waals surface area contributed by atoms with E-state index >= 15 is 0 Å². The number of hydrogen-bond acceptors (Lipinski definition) is 4. The Kier molecular flexibility index (Phi) is 6.63. The SMILES string of the molecule is C=C(COc1cccc2ccccc12)C(=O)NCCCN1CCOCC1. The second-order valence-electron chi connectivity index (χ2n) is 6.43. The van der Waals surface area contributed by atoms with E-state index in [1.54, 1.807) is 0 Å². The normalized spacial score (nSPS) is 14.9. The number of ether oxygens (including phenoxy) is 2. The molecule has 1 fully saturated rings. The van der Waals surface area contributed by atoms with Crippen molar-refractivity contribution in [2.75, 3.05) is 46.0 Å². The fourth-order valence-electron chi connectivity index (χ4n) is 3.01. The maximum absolute atomic E-state index is 12.2. The van der Waals surface area contributed by atoms with Crippen LogP contribution in [0.4, 0.5) is 0 Å². The molecule has 0 spiro atoms. The molecule has 1 N–H and O–H groups in total. The number of amides is 1. The number of nitrogens with zero attached hydrogens (tertiary/aromatic N) is 1. The Hall–Kier alpha value is -2.37. The Morgan fingerprint density at radius 3 is 2.77 bits per heavy atom. The molecule has 1 heterocycles. The number of rotatable bonds is 8. The van der Waals surface area contributed by atoms with Crippen molar-refractivity contribution < 1.29 is 14.3 Å². The molecule has 1 aliphatic heterocycles. The van der Waals surface area contributed by atoms with Crippen LogP contribution in [-0.4, -0.2) is 56.8 Å². The van der Waals surface area contributed by atoms with E-state index in [1.165, 1.54) is 0 Å². The third-order valence-corrected chi connectivity index (χ3v) is 4.51. The Balaban J connectivity index is 1.40. The Labute approximate surface area is 154 Å². The highest BCUT2D eigenvalue weighted by atomic mass is 16.5. The third-order valence-electron chi connectivity index (χ3n) is 4.51. The van der Waals surface area contributed by atoms with Crippen molar-refractivity contribution in [3.63, 3.8) is 0 Å². The molecule has 0 saturated carbocycles. The lowest BCUT2D eigenvalue weighted by molar-refractivity contribution is -0.117. The first-order valence-electron chi connectivity index (χ1n) is 9.10. The predicted octanol–water partition coefficient (Wildman–Crippen LogP) is 2.61. The minimum Gasteiger partial charge on any atom is -0.488 e. The van der Waals surface area contributed by atoms with Crippen LogP contribution in [0.15, 0.2) is 54.6 Å². The van der Waals surface area contributed by atoms with E-state index in [0.717, 1.165) is 55.8 Å². The third kappa shape index (κ3) is 5.07. The lowest BCUT2D eigenvalue weighted by atomic mass is 10.1. The van der Waals surface area contributed by atoms with Crippen LogP contribution >= 0.6 is 0 Å². The predicted molar refractivity (Wildman–Crippen MR) is 103 cm³/mol. The van der Waals surface area contributed by atoms with Crippen molar-refractivity contribution >= 4 is 16.7 Å². The van der Waals surface area contributed by atoms with E-state index in [2.05, 4.69) is 16.8 Å². The van der Waals surface area contributed by atoms with Crippen LogP contribution in [0.5, 0.6) is 5.75 Å². The molecule has 3 rings (SSSR count). The highest BCUT2D eigenvalue weighted by molar-refractivity contribution is 5.93. The Morgan fingerprint density at radius 1 is 1.15 bits per heavy atom. The largest absolute Gasteiger partial charge is 0.488 e. The van der Waals surface area contributed by atoms with E-state index in [9.17, 15) is 4.79 Å². The van der Waals surface area contributed by atoms with Gasteiger partial charge in [0.2, 0.25) is 5.91 Å². The van der Waals surface area contributed by atoms with Crippen LogP contribution < -0.4 is 10.1 Å². The maximum Gasteiger partial charge on any atom is 0.250 e. The van der Waals surface area contributed by atoms with Gasteiger partial charge in [-0.25, -0.2) is 0 Å². The van der Waals surface area contributed by atoms with E-state index < -0.39 is 0 Å². The quantitative estimate of drug-likeness (QED) is 0.585. The number of morpholine rings is 1. The number of fused-ring (bicyclic) bond motifs is 1. The van der Waals surface area contributed by atoms with Crippen molar-refractivity contribution in [1.29, 1.82) is 0 Å². The van der Waals surface area contributed by atoms with Crippen molar-refractivity contribution in [1.82, 2.24) is 10.2 Å². The van der Waals surface area contributed by atoms with Crippen molar-refractivity contribution in [2.45, 2.75) is 6.42 Å². The van der Waals surface area contributed by atoms with Crippen LogP contribution in [0.3, 0.4) is 0 Å². The number of carbonyl (C=O) groups is 1. The van der Waals surface area contributed by atoms with Gasteiger partial charge in [0, 0.05) is 30.6 Å². The van der Waals surface area contributed by atoms with Gasteiger partial charge in [-0.1, -0.05) is 43.0 Å². The smallest absolute Gasteiger partial charge is 0.250 e. The highest BCUT2D eigenvalue weighted by Gasteiger charge is 2.11. The molecule has 1 amide bonds. The molecule has 0 atom stereocenters. The van der Waals surface area contributed by atoms with Gasteiger partial charge in [-0.15, -0.1) is 0 Å². The summed E-state index contributed by atoms with van der Waals surface area (Å²) in [5, 5.41) is 5.07. The first kappa shape index (κ1) is 18.4. The maximum atomic E-state index is 12.2. The van der Waals surface area contributed by atoms with Gasteiger partial charge in [-0.05, 0) is 24.4 Å². The minimum absolute atomic E-state index is 0.146. The van der Waals surface area contributed by atoms with Crippen LogP contribution in [0, 0.1) is 0 Å². The topological polar surface area (TPSA) is 50.8 Å². The van der Waals surface area contributed by atoms with Crippen molar-refractivity contribution in [3.05, 3.63) is 54.6 Å². The second-order valence-corrected chi connectivity index (χ2v) is 6.43. The molecular weight excluding hydrogens is 328 g/mol. The molecule has 138 valence electrons. The van der Waals surface area contributed by atoms with E-state index in [4.69, 9.17) is 9.47 Å². The van der Waals surface area contributed by atoms with Crippen molar-refractivity contribution in [2.24, 2.45) is 0 Å². The first-order valence-corrected chi connectivity index (χ1v) is 9.10. The average molecular weight is 354 g/mol. The fourth-order valence-corrected chi connectivity index (χ4v) is 3.01. The molecule has 1 aliphatic rings. The molecule has 5 heteroatoms. The summed E-state index contributed by atoms with van der Waals surface area (Å²) in [6.07, 6.45) is 0.920. The van der Waals surface area contributed by atoms with E-state index in [-0.39, 0.29) is 12.5 Å². The van der Waals surface area contributed by atoms with Gasteiger partial charge in [0.15, 0.2) is 0 Å². The van der Waals surface area contributed by atoms with Gasteiger partial charge in [0.05, 0.1) is 13.2 Å². The summed E-state index contributed by atoms with van der Waals surface area (Å²) in [7, 11) is 0. The van der Waals surface area contributed by atoms with Gasteiger partial charge in [-0.2, -0.15) is 0 Å². The molecule has 0 aliphatic carbocycles. The van der Waals surface area contributed by atoms with E-state index in [0.29, 0.717) is 12.1 Å². The zero-order chi connectivity index (χ0) is 18.2. The summed E-state index contributed by atoms with van der Waals surface area (Å²) in [4.78, 5) is 14.5. The molecule has 1 saturated heterocycles. The van der Waals surface area contributed by atoms with Gasteiger partial charge in [0.1, 0.15) is 12.4 Å². The van der Waals surface area contributed by atoms with Gasteiger partial charge < -0.3 is 14.8 Å². The molecule has 0 radical (unpaired) electrons. The zero-order valence-electron chi connectivity index (χ0n) is 15.1. The summed E-state index contributed by atoms with van der Waals surface area (Å²) in [6, 6.07) is 13.9. The first-order chi connectivity index (χ1) is 12.7. The molecule has 5 nitrogen and oxygen atoms in total. The summed E-state index contributed by atoms with van der Waals surface area (Å²) >= 11 is 0. The molecular formula is C21H26N2O3. The van der Waals surface area contributed by atoms with Crippen LogP contribution in [0.2, 0.25) is 0 Å². The highest BCUT2D eigenvalue weighted by Crippen LogP contribution is 2.25. The second kappa shape index (κ2) is 9.36. The summed E-state index contributed by atoms with van der Waals surface area (Å²) in [6.45, 7) is 9.20. The Morgan fingerprint density at radius 2 is 1.92 bits per heavy atom. The van der Waals surface area contributed by atoms with Crippen LogP contribution in [-0.2, 0) is 9.53 Å². The van der Waals surface area contributed by atoms with Gasteiger partial charge >= 0.3 is 0 Å².